The summed E-state index contributed by atoms with van der Waals surface area (Å²) in [5.41, 5.74) is 6.00. The first-order valence-corrected chi connectivity index (χ1v) is 8.73. The van der Waals surface area contributed by atoms with Crippen LogP contribution in [0.4, 0.5) is 4.39 Å². The Morgan fingerprint density at radius 3 is 2.71 bits per heavy atom. The van der Waals surface area contributed by atoms with Gasteiger partial charge >= 0.3 is 0 Å². The van der Waals surface area contributed by atoms with Crippen LogP contribution in [0.3, 0.4) is 0 Å². The predicted molar refractivity (Wildman–Crippen MR) is 77.6 cm³/mol. The lowest BCUT2D eigenvalue weighted by atomic mass is 10.2. The highest BCUT2D eigenvalue weighted by atomic mass is 32.2. The van der Waals surface area contributed by atoms with E-state index in [4.69, 9.17) is 5.73 Å². The predicted octanol–water partition coefficient (Wildman–Crippen LogP) is 0.799. The van der Waals surface area contributed by atoms with E-state index in [2.05, 4.69) is 9.62 Å². The molecule has 2 fully saturated rings. The largest absolute Gasteiger partial charge is 0.326 e. The summed E-state index contributed by atoms with van der Waals surface area (Å²) in [6.07, 6.45) is 3.18. The van der Waals surface area contributed by atoms with Gasteiger partial charge in [0.2, 0.25) is 10.0 Å². The molecule has 1 saturated carbocycles. The summed E-state index contributed by atoms with van der Waals surface area (Å²) in [5.74, 6) is -0.748. The highest BCUT2D eigenvalue weighted by Gasteiger charge is 2.36. The Kier molecular flexibility index (Phi) is 4.00. The van der Waals surface area contributed by atoms with Crippen LogP contribution in [0.1, 0.15) is 24.8 Å². The Balaban J connectivity index is 1.71. The lowest BCUT2D eigenvalue weighted by Gasteiger charge is -2.16. The van der Waals surface area contributed by atoms with E-state index < -0.39 is 15.8 Å². The number of nitrogens with one attached hydrogen (secondary N) is 1. The van der Waals surface area contributed by atoms with E-state index in [1.165, 1.54) is 25.0 Å². The van der Waals surface area contributed by atoms with E-state index in [-0.39, 0.29) is 17.5 Å². The van der Waals surface area contributed by atoms with Crippen LogP contribution >= 0.6 is 0 Å². The van der Waals surface area contributed by atoms with E-state index in [0.717, 1.165) is 13.0 Å². The fourth-order valence-corrected chi connectivity index (χ4v) is 4.15. The standard InChI is InChI=1S/C14H20FN3O2S/c15-13-7-10(8-16)1-4-14(13)21(19,20)17-11-5-6-18(9-11)12-2-3-12/h1,4,7,11-12,17H,2-3,5-6,8-9,16H2. The Bertz CT molecular complexity index is 631. The molecule has 7 heteroatoms. The average molecular weight is 313 g/mol. The molecule has 1 aromatic rings. The van der Waals surface area contributed by atoms with E-state index in [1.54, 1.807) is 6.07 Å². The quantitative estimate of drug-likeness (QED) is 0.843. The molecule has 0 aromatic heterocycles. The van der Waals surface area contributed by atoms with Crippen molar-refractivity contribution in [2.75, 3.05) is 13.1 Å². The second-order valence-corrected chi connectivity index (χ2v) is 7.48. The molecule has 116 valence electrons. The number of hydrogen-bond acceptors (Lipinski definition) is 4. The lowest BCUT2D eigenvalue weighted by molar-refractivity contribution is 0.322. The summed E-state index contributed by atoms with van der Waals surface area (Å²) in [5, 5.41) is 0. The Hall–Kier alpha value is -1.02. The zero-order valence-corrected chi connectivity index (χ0v) is 12.6. The SMILES string of the molecule is NCc1ccc(S(=O)(=O)NC2CCN(C3CC3)C2)c(F)c1. The maximum absolute atomic E-state index is 13.9. The first kappa shape index (κ1) is 14.9. The summed E-state index contributed by atoms with van der Waals surface area (Å²) in [6.45, 7) is 1.81. The lowest BCUT2D eigenvalue weighted by Crippen LogP contribution is -2.37. The number of hydrogen-bond donors (Lipinski definition) is 2. The summed E-state index contributed by atoms with van der Waals surface area (Å²) in [6, 6.07) is 4.50. The van der Waals surface area contributed by atoms with Crippen LogP contribution in [-0.4, -0.2) is 38.5 Å². The Morgan fingerprint density at radius 1 is 1.33 bits per heavy atom. The topological polar surface area (TPSA) is 75.4 Å². The molecule has 1 atom stereocenters. The molecule has 0 bridgehead atoms. The fourth-order valence-electron chi connectivity index (χ4n) is 2.83. The van der Waals surface area contributed by atoms with Gasteiger partial charge in [0.15, 0.2) is 0 Å². The zero-order chi connectivity index (χ0) is 15.0. The van der Waals surface area contributed by atoms with Gasteiger partial charge < -0.3 is 5.73 Å². The van der Waals surface area contributed by atoms with Crippen LogP contribution in [0.5, 0.6) is 0 Å². The van der Waals surface area contributed by atoms with Crippen molar-refractivity contribution in [1.82, 2.24) is 9.62 Å². The summed E-state index contributed by atoms with van der Waals surface area (Å²) in [4.78, 5) is 2.01. The van der Waals surface area contributed by atoms with Gasteiger partial charge in [-0.25, -0.2) is 17.5 Å². The number of sulfonamides is 1. The molecule has 2 aliphatic rings. The van der Waals surface area contributed by atoms with Crippen LogP contribution in [0.15, 0.2) is 23.1 Å². The van der Waals surface area contributed by atoms with Gasteiger partial charge in [-0.3, -0.25) is 4.90 Å². The first-order valence-electron chi connectivity index (χ1n) is 7.24. The molecule has 1 saturated heterocycles. The van der Waals surface area contributed by atoms with Crippen molar-refractivity contribution in [2.24, 2.45) is 5.73 Å². The van der Waals surface area contributed by atoms with Crippen molar-refractivity contribution in [1.29, 1.82) is 0 Å². The van der Waals surface area contributed by atoms with Crippen molar-refractivity contribution < 1.29 is 12.8 Å². The van der Waals surface area contributed by atoms with E-state index >= 15 is 0 Å². The molecule has 0 radical (unpaired) electrons. The van der Waals surface area contributed by atoms with Gasteiger partial charge in [-0.1, -0.05) is 6.07 Å². The average Bonchev–Trinajstić information content (AvgIpc) is 3.19. The molecular formula is C14H20FN3O2S. The van der Waals surface area contributed by atoms with Gasteiger partial charge in [-0.2, -0.15) is 0 Å². The number of rotatable bonds is 5. The van der Waals surface area contributed by atoms with Crippen LogP contribution in [0, 0.1) is 5.82 Å². The van der Waals surface area contributed by atoms with Crippen molar-refractivity contribution in [2.45, 2.75) is 42.8 Å². The van der Waals surface area contributed by atoms with Crippen molar-refractivity contribution in [3.63, 3.8) is 0 Å². The number of halogens is 1. The summed E-state index contributed by atoms with van der Waals surface area (Å²) < 4.78 is 41.2. The van der Waals surface area contributed by atoms with Gasteiger partial charge in [0.05, 0.1) is 0 Å². The van der Waals surface area contributed by atoms with Crippen molar-refractivity contribution >= 4 is 10.0 Å². The third kappa shape index (κ3) is 3.26. The maximum atomic E-state index is 13.9. The van der Waals surface area contributed by atoms with Gasteiger partial charge in [0.25, 0.3) is 0 Å². The second kappa shape index (κ2) is 5.64. The second-order valence-electron chi connectivity index (χ2n) is 5.80. The molecule has 1 heterocycles. The molecule has 5 nitrogen and oxygen atoms in total. The highest BCUT2D eigenvalue weighted by Crippen LogP contribution is 2.30. The third-order valence-electron chi connectivity index (χ3n) is 4.13. The number of nitrogens with two attached hydrogens (primary N) is 1. The summed E-state index contributed by atoms with van der Waals surface area (Å²) in [7, 11) is -3.82. The van der Waals surface area contributed by atoms with Crippen LogP contribution < -0.4 is 10.5 Å². The van der Waals surface area contributed by atoms with Crippen LogP contribution in [-0.2, 0) is 16.6 Å². The molecule has 1 aliphatic carbocycles. The minimum atomic E-state index is -3.82. The Labute approximate surface area is 124 Å². The fraction of sp³-hybridized carbons (Fsp3) is 0.571. The summed E-state index contributed by atoms with van der Waals surface area (Å²) >= 11 is 0. The third-order valence-corrected chi connectivity index (χ3v) is 5.68. The van der Waals surface area contributed by atoms with Crippen molar-refractivity contribution in [3.8, 4) is 0 Å². The molecule has 1 unspecified atom stereocenters. The van der Waals surface area contributed by atoms with E-state index in [9.17, 15) is 12.8 Å². The minimum absolute atomic E-state index is 0.135. The molecule has 3 rings (SSSR count). The van der Waals surface area contributed by atoms with Gasteiger partial charge in [0, 0.05) is 31.7 Å². The number of benzene rings is 1. The molecule has 3 N–H and O–H groups in total. The van der Waals surface area contributed by atoms with Crippen LogP contribution in [0.2, 0.25) is 0 Å². The first-order chi connectivity index (χ1) is 9.99. The van der Waals surface area contributed by atoms with Crippen molar-refractivity contribution in [3.05, 3.63) is 29.6 Å². The number of nitrogens with zero attached hydrogens (tertiary/aromatic N) is 1. The maximum Gasteiger partial charge on any atom is 0.243 e. The molecule has 0 spiro atoms. The normalized spacial score (nSPS) is 23.6. The highest BCUT2D eigenvalue weighted by molar-refractivity contribution is 7.89. The van der Waals surface area contributed by atoms with Gasteiger partial charge in [-0.05, 0) is 37.0 Å². The van der Waals surface area contributed by atoms with E-state index in [1.807, 2.05) is 0 Å². The Morgan fingerprint density at radius 2 is 2.10 bits per heavy atom. The number of likely N-dealkylation sites (tertiary alicyclic amines) is 1. The molecule has 21 heavy (non-hydrogen) atoms. The van der Waals surface area contributed by atoms with Gasteiger partial charge in [0.1, 0.15) is 10.7 Å². The van der Waals surface area contributed by atoms with Gasteiger partial charge in [-0.15, -0.1) is 0 Å². The minimum Gasteiger partial charge on any atom is -0.326 e. The molecule has 0 amide bonds. The van der Waals surface area contributed by atoms with Crippen LogP contribution in [0.25, 0.3) is 0 Å². The molecule has 1 aromatic carbocycles. The monoisotopic (exact) mass is 313 g/mol. The smallest absolute Gasteiger partial charge is 0.243 e. The molecule has 1 aliphatic heterocycles. The molecular weight excluding hydrogens is 293 g/mol. The van der Waals surface area contributed by atoms with E-state index in [0.29, 0.717) is 18.2 Å². The zero-order valence-electron chi connectivity index (χ0n) is 11.8.